The van der Waals surface area contributed by atoms with Crippen LogP contribution in [-0.2, 0) is 30.4 Å². The molecule has 1 aromatic rings. The van der Waals surface area contributed by atoms with Crippen molar-refractivity contribution in [1.29, 1.82) is 0 Å². The third-order valence-corrected chi connectivity index (χ3v) is 5.63. The number of hydrogen-bond donors (Lipinski definition) is 8. The SMILES string of the molecule is CCC(C)C(NC(=O)C(N)Cc1ccc(O)cc1)C(=O)NC(CO)C(=O)NC(CCC(N)=O)C(=O)O. The molecule has 0 spiro atoms. The number of aliphatic carboxylic acids is 1. The third-order valence-electron chi connectivity index (χ3n) is 5.63. The van der Waals surface area contributed by atoms with Gasteiger partial charge in [-0.25, -0.2) is 4.79 Å². The fraction of sp³-hybridized carbons (Fsp3) is 0.522. The molecule has 0 radical (unpaired) electrons. The normalized spacial score (nSPS) is 15.0. The summed E-state index contributed by atoms with van der Waals surface area (Å²) in [5.74, 6) is -4.85. The maximum Gasteiger partial charge on any atom is 0.326 e. The topological polar surface area (TPSA) is 234 Å². The molecule has 0 bridgehead atoms. The number of rotatable bonds is 15. The van der Waals surface area contributed by atoms with Crippen molar-refractivity contribution in [2.75, 3.05) is 6.61 Å². The van der Waals surface area contributed by atoms with Crippen molar-refractivity contribution in [3.05, 3.63) is 29.8 Å². The smallest absolute Gasteiger partial charge is 0.326 e. The zero-order valence-corrected chi connectivity index (χ0v) is 20.3. The first-order valence-corrected chi connectivity index (χ1v) is 11.5. The number of hydrogen-bond acceptors (Lipinski definition) is 8. The molecule has 0 aliphatic rings. The molecule has 5 unspecified atom stereocenters. The zero-order chi connectivity index (χ0) is 27.4. The van der Waals surface area contributed by atoms with Crippen LogP contribution >= 0.6 is 0 Å². The van der Waals surface area contributed by atoms with Crippen molar-refractivity contribution in [3.8, 4) is 5.75 Å². The number of carbonyl (C=O) groups is 5. The molecule has 0 saturated carbocycles. The zero-order valence-electron chi connectivity index (χ0n) is 20.3. The Morgan fingerprint density at radius 1 is 0.944 bits per heavy atom. The number of amides is 4. The van der Waals surface area contributed by atoms with E-state index in [1.807, 2.05) is 0 Å². The average molecular weight is 510 g/mol. The molecule has 5 atom stereocenters. The van der Waals surface area contributed by atoms with Crippen molar-refractivity contribution in [2.24, 2.45) is 17.4 Å². The first kappa shape index (κ1) is 30.3. The Kier molecular flexibility index (Phi) is 12.3. The number of carbonyl (C=O) groups excluding carboxylic acids is 4. The monoisotopic (exact) mass is 509 g/mol. The number of carboxylic acids is 1. The lowest BCUT2D eigenvalue weighted by Crippen LogP contribution is -2.59. The lowest BCUT2D eigenvalue weighted by molar-refractivity contribution is -0.143. The van der Waals surface area contributed by atoms with Crippen LogP contribution in [0.25, 0.3) is 0 Å². The number of aliphatic hydroxyl groups is 1. The van der Waals surface area contributed by atoms with Gasteiger partial charge in [-0.3, -0.25) is 19.2 Å². The second-order valence-corrected chi connectivity index (χ2v) is 8.50. The van der Waals surface area contributed by atoms with E-state index in [9.17, 15) is 39.3 Å². The number of carboxylic acid groups (broad SMARTS) is 1. The number of aliphatic hydroxyl groups excluding tert-OH is 1. The van der Waals surface area contributed by atoms with Gasteiger partial charge in [-0.2, -0.15) is 0 Å². The molecule has 0 heterocycles. The minimum atomic E-state index is -1.51. The van der Waals surface area contributed by atoms with Gasteiger partial charge in [0.15, 0.2) is 0 Å². The molecule has 13 nitrogen and oxygen atoms in total. The van der Waals surface area contributed by atoms with Crippen LogP contribution in [0.5, 0.6) is 5.75 Å². The Balaban J connectivity index is 2.87. The molecule has 36 heavy (non-hydrogen) atoms. The summed E-state index contributed by atoms with van der Waals surface area (Å²) < 4.78 is 0. The van der Waals surface area contributed by atoms with Gasteiger partial charge in [-0.05, 0) is 36.5 Å². The first-order valence-electron chi connectivity index (χ1n) is 11.5. The van der Waals surface area contributed by atoms with Gasteiger partial charge in [0, 0.05) is 6.42 Å². The molecule has 1 aromatic carbocycles. The van der Waals surface area contributed by atoms with Gasteiger partial charge >= 0.3 is 5.97 Å². The van der Waals surface area contributed by atoms with Gasteiger partial charge in [-0.15, -0.1) is 0 Å². The minimum absolute atomic E-state index is 0.0651. The maximum absolute atomic E-state index is 12.9. The van der Waals surface area contributed by atoms with E-state index in [0.29, 0.717) is 12.0 Å². The third kappa shape index (κ3) is 9.88. The van der Waals surface area contributed by atoms with Gasteiger partial charge in [0.2, 0.25) is 23.6 Å². The number of primary amides is 1. The molecule has 200 valence electrons. The van der Waals surface area contributed by atoms with Crippen LogP contribution in [0.15, 0.2) is 24.3 Å². The molecule has 13 heteroatoms. The number of phenolic OH excluding ortho intramolecular Hbond substituents is 1. The van der Waals surface area contributed by atoms with Crippen LogP contribution in [0, 0.1) is 5.92 Å². The van der Waals surface area contributed by atoms with Crippen LogP contribution in [0.4, 0.5) is 0 Å². The van der Waals surface area contributed by atoms with Crippen LogP contribution < -0.4 is 27.4 Å². The Hall–Kier alpha value is -3.71. The van der Waals surface area contributed by atoms with E-state index in [1.54, 1.807) is 26.0 Å². The summed E-state index contributed by atoms with van der Waals surface area (Å²) in [5.41, 5.74) is 11.7. The molecule has 1 rings (SSSR count). The van der Waals surface area contributed by atoms with Gasteiger partial charge in [-0.1, -0.05) is 32.4 Å². The quantitative estimate of drug-likeness (QED) is 0.132. The van der Waals surface area contributed by atoms with Crippen LogP contribution in [0.2, 0.25) is 0 Å². The highest BCUT2D eigenvalue weighted by Crippen LogP contribution is 2.12. The number of nitrogens with one attached hydrogen (secondary N) is 3. The van der Waals surface area contributed by atoms with E-state index in [0.717, 1.165) is 0 Å². The van der Waals surface area contributed by atoms with Crippen LogP contribution in [0.3, 0.4) is 0 Å². The lowest BCUT2D eigenvalue weighted by atomic mass is 9.97. The number of aromatic hydroxyl groups is 1. The minimum Gasteiger partial charge on any atom is -0.508 e. The summed E-state index contributed by atoms with van der Waals surface area (Å²) in [5, 5.41) is 35.3. The fourth-order valence-corrected chi connectivity index (χ4v) is 3.21. The van der Waals surface area contributed by atoms with E-state index in [4.69, 9.17) is 11.5 Å². The molecule has 10 N–H and O–H groups in total. The molecule has 0 aliphatic heterocycles. The molecule has 0 fully saturated rings. The second-order valence-electron chi connectivity index (χ2n) is 8.50. The Morgan fingerprint density at radius 3 is 2.03 bits per heavy atom. The van der Waals surface area contributed by atoms with Gasteiger partial charge in [0.1, 0.15) is 23.9 Å². The molecule has 4 amide bonds. The average Bonchev–Trinajstić information content (AvgIpc) is 2.83. The molecule has 0 aliphatic carbocycles. The standard InChI is InChI=1S/C23H35N5O8/c1-3-12(2)19(28-20(32)15(24)10-13-4-6-14(30)7-5-13)22(34)27-17(11-29)21(33)26-16(23(35)36)8-9-18(25)31/h4-7,12,15-17,19,29-30H,3,8-11,24H2,1-2H3,(H2,25,31)(H,26,33)(H,27,34)(H,28,32)(H,35,36). The van der Waals surface area contributed by atoms with Crippen molar-refractivity contribution in [1.82, 2.24) is 16.0 Å². The van der Waals surface area contributed by atoms with Crippen molar-refractivity contribution < 1.29 is 39.3 Å². The largest absolute Gasteiger partial charge is 0.508 e. The van der Waals surface area contributed by atoms with Gasteiger partial charge < -0.3 is 42.7 Å². The van der Waals surface area contributed by atoms with E-state index < -0.39 is 60.4 Å². The van der Waals surface area contributed by atoms with Crippen LogP contribution in [-0.4, -0.2) is 75.7 Å². The van der Waals surface area contributed by atoms with Crippen molar-refractivity contribution >= 4 is 29.6 Å². The number of nitrogens with two attached hydrogens (primary N) is 2. The Bertz CT molecular complexity index is 924. The molecule has 0 aromatic heterocycles. The molecule has 0 saturated heterocycles. The molecular weight excluding hydrogens is 474 g/mol. The predicted octanol–water partition coefficient (Wildman–Crippen LogP) is -1.90. The lowest BCUT2D eigenvalue weighted by Gasteiger charge is -2.27. The van der Waals surface area contributed by atoms with Crippen LogP contribution in [0.1, 0.15) is 38.7 Å². The van der Waals surface area contributed by atoms with Crippen molar-refractivity contribution in [3.63, 3.8) is 0 Å². The highest BCUT2D eigenvalue weighted by atomic mass is 16.4. The summed E-state index contributed by atoms with van der Waals surface area (Å²) in [7, 11) is 0. The predicted molar refractivity (Wildman–Crippen MR) is 128 cm³/mol. The number of benzene rings is 1. The highest BCUT2D eigenvalue weighted by Gasteiger charge is 2.32. The Labute approximate surface area is 208 Å². The van der Waals surface area contributed by atoms with Crippen molar-refractivity contribution in [2.45, 2.75) is 63.7 Å². The van der Waals surface area contributed by atoms with E-state index in [2.05, 4.69) is 16.0 Å². The first-order chi connectivity index (χ1) is 16.9. The summed E-state index contributed by atoms with van der Waals surface area (Å²) in [4.78, 5) is 60.4. The second kappa shape index (κ2) is 14.6. The fourth-order valence-electron chi connectivity index (χ4n) is 3.21. The Morgan fingerprint density at radius 2 is 1.53 bits per heavy atom. The van der Waals surface area contributed by atoms with E-state index >= 15 is 0 Å². The summed E-state index contributed by atoms with van der Waals surface area (Å²) in [6, 6.07) is 1.06. The summed E-state index contributed by atoms with van der Waals surface area (Å²) in [6.45, 7) is 2.65. The van der Waals surface area contributed by atoms with E-state index in [-0.39, 0.29) is 30.9 Å². The summed E-state index contributed by atoms with van der Waals surface area (Å²) >= 11 is 0. The van der Waals surface area contributed by atoms with Gasteiger partial charge in [0.25, 0.3) is 0 Å². The molecular formula is C23H35N5O8. The van der Waals surface area contributed by atoms with Gasteiger partial charge in [0.05, 0.1) is 12.6 Å². The maximum atomic E-state index is 12.9. The summed E-state index contributed by atoms with van der Waals surface area (Å²) in [6.07, 6.45) is 0.0627. The van der Waals surface area contributed by atoms with E-state index in [1.165, 1.54) is 12.1 Å². The number of phenols is 1. The highest BCUT2D eigenvalue weighted by molar-refractivity contribution is 5.94.